The molecule has 2 aliphatic heterocycles. The first-order valence-electron chi connectivity index (χ1n) is 13.1. The van der Waals surface area contributed by atoms with Gasteiger partial charge in [0.05, 0.1) is 24.4 Å². The molecule has 1 fully saturated rings. The van der Waals surface area contributed by atoms with Gasteiger partial charge in [-0.15, -0.1) is 0 Å². The number of hydrogen-bond donors (Lipinski definition) is 2. The lowest BCUT2D eigenvalue weighted by Gasteiger charge is -2.36. The molecule has 1 unspecified atom stereocenters. The third-order valence-corrected chi connectivity index (χ3v) is 6.93. The largest absolute Gasteiger partial charge is 0.490 e. The zero-order valence-electron chi connectivity index (χ0n) is 21.7. The number of amides is 1. The van der Waals surface area contributed by atoms with Gasteiger partial charge in [0.15, 0.2) is 11.6 Å². The predicted molar refractivity (Wildman–Crippen MR) is 141 cm³/mol. The Morgan fingerprint density at radius 3 is 2.84 bits per heavy atom. The van der Waals surface area contributed by atoms with Crippen LogP contribution in [-0.2, 0) is 16.1 Å². The van der Waals surface area contributed by atoms with E-state index in [0.29, 0.717) is 55.7 Å². The topological polar surface area (TPSA) is 114 Å². The number of fused-ring (bicyclic) bond motifs is 3. The Morgan fingerprint density at radius 1 is 1.19 bits per heavy atom. The molecule has 1 aromatic carbocycles. The van der Waals surface area contributed by atoms with Crippen LogP contribution in [0.15, 0.2) is 30.7 Å². The van der Waals surface area contributed by atoms with Gasteiger partial charge in [0.25, 0.3) is 0 Å². The number of hydrogen-bond acceptors (Lipinski definition) is 9. The van der Waals surface area contributed by atoms with Crippen molar-refractivity contribution in [3.63, 3.8) is 0 Å². The van der Waals surface area contributed by atoms with E-state index in [1.54, 1.807) is 18.6 Å². The summed E-state index contributed by atoms with van der Waals surface area (Å²) in [6.07, 6.45) is 7.93. The molecule has 196 valence electrons. The van der Waals surface area contributed by atoms with Crippen molar-refractivity contribution in [1.82, 2.24) is 30.2 Å². The monoisotopic (exact) mass is 505 g/mol. The lowest BCUT2D eigenvalue weighted by molar-refractivity contribution is -0.127. The summed E-state index contributed by atoms with van der Waals surface area (Å²) in [5, 5.41) is 6.64. The van der Waals surface area contributed by atoms with Crippen LogP contribution in [0.25, 0.3) is 22.2 Å². The number of benzene rings is 1. The van der Waals surface area contributed by atoms with Crippen molar-refractivity contribution >= 4 is 22.8 Å². The van der Waals surface area contributed by atoms with E-state index in [1.807, 2.05) is 19.2 Å². The quantitative estimate of drug-likeness (QED) is 0.505. The van der Waals surface area contributed by atoms with Crippen LogP contribution < -0.4 is 15.4 Å². The van der Waals surface area contributed by atoms with Crippen molar-refractivity contribution in [2.24, 2.45) is 5.92 Å². The van der Waals surface area contributed by atoms with E-state index in [4.69, 9.17) is 14.5 Å². The third-order valence-electron chi connectivity index (χ3n) is 6.93. The molecule has 0 radical (unpaired) electrons. The molecule has 37 heavy (non-hydrogen) atoms. The summed E-state index contributed by atoms with van der Waals surface area (Å²) in [6.45, 7) is 6.99. The van der Waals surface area contributed by atoms with Crippen LogP contribution in [0, 0.1) is 5.92 Å². The highest BCUT2D eigenvalue weighted by Gasteiger charge is 2.32. The molecule has 2 N–H and O–H groups in total. The predicted octanol–water partition coefficient (Wildman–Crippen LogP) is 3.03. The van der Waals surface area contributed by atoms with Crippen molar-refractivity contribution in [2.75, 3.05) is 38.7 Å². The molecule has 3 aromatic rings. The highest BCUT2D eigenvalue weighted by molar-refractivity contribution is 5.90. The Morgan fingerprint density at radius 2 is 2.03 bits per heavy atom. The van der Waals surface area contributed by atoms with E-state index in [0.717, 1.165) is 36.0 Å². The second-order valence-corrected chi connectivity index (χ2v) is 10.0. The van der Waals surface area contributed by atoms with E-state index >= 15 is 0 Å². The number of piperidine rings is 1. The fourth-order valence-electron chi connectivity index (χ4n) is 4.78. The summed E-state index contributed by atoms with van der Waals surface area (Å²) < 4.78 is 12.0. The van der Waals surface area contributed by atoms with Gasteiger partial charge in [-0.05, 0) is 38.4 Å². The van der Waals surface area contributed by atoms with Crippen LogP contribution in [0.4, 0.5) is 5.82 Å². The van der Waals surface area contributed by atoms with Crippen LogP contribution in [0.2, 0.25) is 0 Å². The molecular weight excluding hydrogens is 470 g/mol. The minimum absolute atomic E-state index is 0.0562. The van der Waals surface area contributed by atoms with E-state index in [-0.39, 0.29) is 23.9 Å². The highest BCUT2D eigenvalue weighted by atomic mass is 16.5. The smallest absolute Gasteiger partial charge is 0.237 e. The molecule has 0 spiro atoms. The molecule has 0 aliphatic carbocycles. The summed E-state index contributed by atoms with van der Waals surface area (Å²) in [5.74, 6) is 2.11. The molecule has 10 heteroatoms. The van der Waals surface area contributed by atoms with Gasteiger partial charge in [-0.2, -0.15) is 0 Å². The molecule has 4 bridgehead atoms. The normalized spacial score (nSPS) is 22.7. The van der Waals surface area contributed by atoms with Crippen LogP contribution in [-0.4, -0.2) is 76.2 Å². The van der Waals surface area contributed by atoms with Gasteiger partial charge in [0, 0.05) is 55.2 Å². The minimum atomic E-state index is -0.173. The lowest BCUT2D eigenvalue weighted by Crippen LogP contribution is -2.52. The molecule has 2 aliphatic rings. The Labute approximate surface area is 217 Å². The van der Waals surface area contributed by atoms with Crippen LogP contribution in [0.3, 0.4) is 0 Å². The highest BCUT2D eigenvalue weighted by Crippen LogP contribution is 2.36. The van der Waals surface area contributed by atoms with Crippen molar-refractivity contribution < 1.29 is 14.3 Å². The van der Waals surface area contributed by atoms with Crippen LogP contribution >= 0.6 is 0 Å². The molecule has 10 nitrogen and oxygen atoms in total. The molecular formula is C27H35N7O3. The van der Waals surface area contributed by atoms with Crippen LogP contribution in [0.5, 0.6) is 5.75 Å². The standard InChI is InChI=1S/C27H35N7O3/c1-4-9-36-16-24-29-12-18(13-30-24)20-5-6-21-25-26(20)37-15-17(2)11-31-27(35)22-10-19(7-8-34(22)3)32-23(33-25)14-28-21/h5-6,12-14,17,19,22H,4,7-11,15-16H2,1-3H3,(H,31,35)(H,32,33)/t17?,19-,22-/m0/s1. The molecule has 5 rings (SSSR count). The number of carbonyl (C=O) groups is 1. The van der Waals surface area contributed by atoms with Crippen molar-refractivity contribution in [3.8, 4) is 16.9 Å². The second kappa shape index (κ2) is 11.4. The minimum Gasteiger partial charge on any atom is -0.490 e. The average molecular weight is 506 g/mol. The first-order valence-corrected chi connectivity index (χ1v) is 13.1. The number of nitrogens with one attached hydrogen (secondary N) is 2. The molecule has 0 saturated carbocycles. The van der Waals surface area contributed by atoms with E-state index in [9.17, 15) is 4.79 Å². The number of likely N-dealkylation sites (tertiary alicyclic amines) is 1. The Kier molecular flexibility index (Phi) is 7.76. The number of anilines is 1. The molecule has 1 saturated heterocycles. The van der Waals surface area contributed by atoms with Crippen molar-refractivity contribution in [2.45, 2.75) is 51.8 Å². The summed E-state index contributed by atoms with van der Waals surface area (Å²) in [5.41, 5.74) is 3.12. The summed E-state index contributed by atoms with van der Waals surface area (Å²) in [7, 11) is 2.01. The Balaban J connectivity index is 1.51. The van der Waals surface area contributed by atoms with Gasteiger partial charge in [-0.3, -0.25) is 14.7 Å². The summed E-state index contributed by atoms with van der Waals surface area (Å²) in [4.78, 5) is 33.7. The number of rotatable bonds is 5. The zero-order valence-corrected chi connectivity index (χ0v) is 21.7. The van der Waals surface area contributed by atoms with Gasteiger partial charge >= 0.3 is 0 Å². The maximum atomic E-state index is 13.0. The molecule has 3 atom stereocenters. The van der Waals surface area contributed by atoms with Crippen LogP contribution in [0.1, 0.15) is 38.9 Å². The number of aromatic nitrogens is 4. The number of carbonyl (C=O) groups excluding carboxylic acids is 1. The van der Waals surface area contributed by atoms with Gasteiger partial charge < -0.3 is 20.1 Å². The Bertz CT molecular complexity index is 1240. The number of likely N-dealkylation sites (N-methyl/N-ethyl adjacent to an activating group) is 1. The van der Waals surface area contributed by atoms with Gasteiger partial charge in [0.1, 0.15) is 17.9 Å². The first-order chi connectivity index (χ1) is 18.0. The Hall–Kier alpha value is -3.37. The average Bonchev–Trinajstić information content (AvgIpc) is 2.91. The third kappa shape index (κ3) is 5.80. The van der Waals surface area contributed by atoms with E-state index in [2.05, 4.69) is 44.3 Å². The van der Waals surface area contributed by atoms with Gasteiger partial charge in [-0.25, -0.2) is 15.0 Å². The number of nitrogens with zero attached hydrogens (tertiary/aromatic N) is 5. The summed E-state index contributed by atoms with van der Waals surface area (Å²) >= 11 is 0. The zero-order chi connectivity index (χ0) is 25.8. The van der Waals surface area contributed by atoms with E-state index < -0.39 is 0 Å². The maximum Gasteiger partial charge on any atom is 0.237 e. The molecule has 1 amide bonds. The van der Waals surface area contributed by atoms with Crippen molar-refractivity contribution in [3.05, 3.63) is 36.5 Å². The molecule has 2 aromatic heterocycles. The first kappa shape index (κ1) is 25.3. The van der Waals surface area contributed by atoms with Gasteiger partial charge in [0.2, 0.25) is 5.91 Å². The fourth-order valence-corrected chi connectivity index (χ4v) is 4.78. The lowest BCUT2D eigenvalue weighted by atomic mass is 9.96. The number of ether oxygens (including phenoxy) is 2. The summed E-state index contributed by atoms with van der Waals surface area (Å²) in [6, 6.07) is 3.88. The van der Waals surface area contributed by atoms with E-state index in [1.165, 1.54) is 0 Å². The second-order valence-electron chi connectivity index (χ2n) is 10.0. The maximum absolute atomic E-state index is 13.0. The fraction of sp³-hybridized carbons (Fsp3) is 0.519. The molecule has 4 heterocycles. The van der Waals surface area contributed by atoms with Crippen molar-refractivity contribution in [1.29, 1.82) is 0 Å². The SMILES string of the molecule is CCCOCc1ncc(-c2ccc3ncc4nc3c2OCC(C)CNC(=O)[C@@H]2C[C@H](CCN2C)N4)cn1. The van der Waals surface area contributed by atoms with Gasteiger partial charge in [-0.1, -0.05) is 13.8 Å².